The van der Waals surface area contributed by atoms with Crippen LogP contribution in [0.2, 0.25) is 0 Å². The number of hydrogen-bond donors (Lipinski definition) is 1. The molecule has 22 heavy (non-hydrogen) atoms. The maximum atomic E-state index is 5.70. The fourth-order valence-electron chi connectivity index (χ4n) is 2.77. The first kappa shape index (κ1) is 15.8. The van der Waals surface area contributed by atoms with E-state index in [-0.39, 0.29) is 0 Å². The number of anilines is 1. The Morgan fingerprint density at radius 3 is 2.50 bits per heavy atom. The average Bonchev–Trinajstić information content (AvgIpc) is 2.56. The van der Waals surface area contributed by atoms with Crippen molar-refractivity contribution in [2.45, 2.75) is 6.92 Å². The lowest BCUT2D eigenvalue weighted by Gasteiger charge is -2.30. The second-order valence-corrected chi connectivity index (χ2v) is 4.93. The Balaban J connectivity index is 2.81. The lowest BCUT2D eigenvalue weighted by Crippen LogP contribution is -2.33. The molecule has 1 aromatic carbocycles. The molecule has 0 aromatic heterocycles. The molecule has 0 aliphatic carbocycles. The van der Waals surface area contributed by atoms with Gasteiger partial charge in [0.2, 0.25) is 0 Å². The molecule has 0 unspecified atom stereocenters. The Hall–Kier alpha value is -2.62. The first-order valence-electron chi connectivity index (χ1n) is 7.29. The third-order valence-corrected chi connectivity index (χ3v) is 3.87. The molecule has 0 radical (unpaired) electrons. The lowest BCUT2D eigenvalue weighted by atomic mass is 9.92. The van der Waals surface area contributed by atoms with E-state index in [0.29, 0.717) is 5.71 Å². The summed E-state index contributed by atoms with van der Waals surface area (Å²) in [7, 11) is 1.74. The van der Waals surface area contributed by atoms with Crippen LogP contribution in [0.3, 0.4) is 0 Å². The van der Waals surface area contributed by atoms with Crippen molar-refractivity contribution in [1.82, 2.24) is 0 Å². The second-order valence-electron chi connectivity index (χ2n) is 4.93. The van der Waals surface area contributed by atoms with E-state index in [4.69, 9.17) is 5.84 Å². The highest BCUT2D eigenvalue weighted by Gasteiger charge is 2.24. The van der Waals surface area contributed by atoms with Gasteiger partial charge in [-0.1, -0.05) is 43.5 Å². The molecule has 4 heteroatoms. The first-order valence-corrected chi connectivity index (χ1v) is 7.29. The molecular formula is C18H22N4. The SMILES string of the molecule is C=C/C1=C(\C=C)C(=NC)/C(=N\N)c2ccccc2N(CC)C1. The zero-order chi connectivity index (χ0) is 16.1. The summed E-state index contributed by atoms with van der Waals surface area (Å²) in [6.45, 7) is 11.6. The summed E-state index contributed by atoms with van der Waals surface area (Å²) in [6.07, 6.45) is 3.65. The molecule has 0 bridgehead atoms. The fraction of sp³-hybridized carbons (Fsp3) is 0.222. The first-order chi connectivity index (χ1) is 10.7. The largest absolute Gasteiger partial charge is 0.367 e. The summed E-state index contributed by atoms with van der Waals surface area (Å²) in [4.78, 5) is 6.68. The van der Waals surface area contributed by atoms with Gasteiger partial charge in [-0.05, 0) is 18.6 Å². The van der Waals surface area contributed by atoms with Crippen molar-refractivity contribution in [3.05, 3.63) is 66.3 Å². The van der Waals surface area contributed by atoms with Gasteiger partial charge in [0, 0.05) is 37.0 Å². The Labute approximate surface area is 132 Å². The quantitative estimate of drug-likeness (QED) is 0.688. The molecule has 0 saturated carbocycles. The minimum absolute atomic E-state index is 0.672. The second kappa shape index (κ2) is 6.89. The van der Waals surface area contributed by atoms with Crippen molar-refractivity contribution in [3.8, 4) is 0 Å². The summed E-state index contributed by atoms with van der Waals surface area (Å²) in [5.74, 6) is 5.70. The van der Waals surface area contributed by atoms with Crippen LogP contribution in [0.15, 0.2) is 70.8 Å². The molecule has 1 aromatic rings. The third-order valence-electron chi connectivity index (χ3n) is 3.87. The molecule has 0 spiro atoms. The number of para-hydroxylation sites is 1. The van der Waals surface area contributed by atoms with Crippen LogP contribution in [0, 0.1) is 0 Å². The van der Waals surface area contributed by atoms with Gasteiger partial charge in [0.15, 0.2) is 0 Å². The van der Waals surface area contributed by atoms with Gasteiger partial charge in [-0.15, -0.1) is 0 Å². The molecule has 2 N–H and O–H groups in total. The number of nitrogens with zero attached hydrogens (tertiary/aromatic N) is 3. The van der Waals surface area contributed by atoms with Crippen LogP contribution >= 0.6 is 0 Å². The zero-order valence-electron chi connectivity index (χ0n) is 13.2. The molecule has 0 atom stereocenters. The van der Waals surface area contributed by atoms with E-state index in [0.717, 1.165) is 41.2 Å². The van der Waals surface area contributed by atoms with E-state index in [2.05, 4.69) is 41.1 Å². The van der Waals surface area contributed by atoms with Gasteiger partial charge in [-0.3, -0.25) is 4.99 Å². The fourth-order valence-corrected chi connectivity index (χ4v) is 2.77. The Bertz CT molecular complexity index is 680. The minimum atomic E-state index is 0.672. The smallest absolute Gasteiger partial charge is 0.118 e. The summed E-state index contributed by atoms with van der Waals surface area (Å²) in [5, 5.41) is 4.02. The molecule has 1 aliphatic rings. The average molecular weight is 294 g/mol. The number of nitrogens with two attached hydrogens (primary N) is 1. The highest BCUT2D eigenvalue weighted by molar-refractivity contribution is 6.55. The van der Waals surface area contributed by atoms with Crippen LogP contribution in [0.4, 0.5) is 5.69 Å². The van der Waals surface area contributed by atoms with Crippen molar-refractivity contribution in [1.29, 1.82) is 0 Å². The number of likely N-dealkylation sites (N-methyl/N-ethyl adjacent to an activating group) is 1. The van der Waals surface area contributed by atoms with E-state index >= 15 is 0 Å². The van der Waals surface area contributed by atoms with E-state index in [1.807, 2.05) is 24.3 Å². The van der Waals surface area contributed by atoms with Crippen LogP contribution < -0.4 is 10.7 Å². The maximum Gasteiger partial charge on any atom is 0.118 e. The Morgan fingerprint density at radius 2 is 1.95 bits per heavy atom. The number of fused-ring (bicyclic) bond motifs is 1. The van der Waals surface area contributed by atoms with Crippen molar-refractivity contribution in [2.24, 2.45) is 15.9 Å². The van der Waals surface area contributed by atoms with Crippen LogP contribution in [0.25, 0.3) is 0 Å². The molecule has 1 aliphatic heterocycles. The normalized spacial score (nSPS) is 22.2. The highest BCUT2D eigenvalue weighted by atomic mass is 15.2. The topological polar surface area (TPSA) is 54.0 Å². The number of rotatable bonds is 3. The van der Waals surface area contributed by atoms with E-state index in [9.17, 15) is 0 Å². The van der Waals surface area contributed by atoms with Crippen LogP contribution in [-0.2, 0) is 0 Å². The van der Waals surface area contributed by atoms with E-state index in [1.165, 1.54) is 0 Å². The predicted molar refractivity (Wildman–Crippen MR) is 95.8 cm³/mol. The summed E-state index contributed by atoms with van der Waals surface area (Å²) in [5.41, 5.74) is 5.48. The number of hydrogen-bond acceptors (Lipinski definition) is 4. The van der Waals surface area contributed by atoms with Crippen molar-refractivity contribution < 1.29 is 0 Å². The highest BCUT2D eigenvalue weighted by Crippen LogP contribution is 2.28. The van der Waals surface area contributed by atoms with Gasteiger partial charge in [-0.2, -0.15) is 5.10 Å². The number of aliphatic imine (C=N–C) groups is 1. The lowest BCUT2D eigenvalue weighted by molar-refractivity contribution is 0.885. The van der Waals surface area contributed by atoms with Crippen molar-refractivity contribution in [2.75, 3.05) is 25.0 Å². The van der Waals surface area contributed by atoms with Crippen LogP contribution in [-0.4, -0.2) is 31.6 Å². The molecule has 114 valence electrons. The molecule has 0 fully saturated rings. The van der Waals surface area contributed by atoms with Crippen molar-refractivity contribution >= 4 is 17.1 Å². The maximum absolute atomic E-state index is 5.70. The minimum Gasteiger partial charge on any atom is -0.367 e. The molecule has 0 saturated heterocycles. The van der Waals surface area contributed by atoms with Crippen molar-refractivity contribution in [3.63, 3.8) is 0 Å². The summed E-state index contributed by atoms with van der Waals surface area (Å²) >= 11 is 0. The molecular weight excluding hydrogens is 272 g/mol. The van der Waals surface area contributed by atoms with Gasteiger partial charge in [0.05, 0.1) is 5.71 Å². The number of benzene rings is 1. The van der Waals surface area contributed by atoms with E-state index < -0.39 is 0 Å². The van der Waals surface area contributed by atoms with Gasteiger partial charge in [-0.25, -0.2) is 0 Å². The van der Waals surface area contributed by atoms with E-state index in [1.54, 1.807) is 13.1 Å². The number of allylic oxidation sites excluding steroid dienone is 2. The van der Waals surface area contributed by atoms with Gasteiger partial charge in [0.1, 0.15) is 5.71 Å². The Morgan fingerprint density at radius 1 is 1.23 bits per heavy atom. The van der Waals surface area contributed by atoms with Crippen LogP contribution in [0.5, 0.6) is 0 Å². The molecule has 2 rings (SSSR count). The zero-order valence-corrected chi connectivity index (χ0v) is 13.2. The monoisotopic (exact) mass is 294 g/mol. The number of hydrazone groups is 1. The Kier molecular flexibility index (Phi) is 4.94. The molecule has 1 heterocycles. The van der Waals surface area contributed by atoms with Crippen LogP contribution in [0.1, 0.15) is 12.5 Å². The molecule has 0 amide bonds. The molecule has 4 nitrogen and oxygen atoms in total. The summed E-state index contributed by atoms with van der Waals surface area (Å²) < 4.78 is 0. The van der Waals surface area contributed by atoms with Gasteiger partial charge < -0.3 is 10.7 Å². The standard InChI is InChI=1S/C18H22N4/c1-5-13-12-22(7-3)16-11-9-8-10-15(16)18(21-19)17(20-4)14(13)6-2/h5-6,8-11H,1-2,7,12,19H2,3-4H3/b14-13-,20-17?,21-18-. The predicted octanol–water partition coefficient (Wildman–Crippen LogP) is 2.93. The van der Waals surface area contributed by atoms with Gasteiger partial charge in [0.25, 0.3) is 0 Å². The summed E-state index contributed by atoms with van der Waals surface area (Å²) in [6, 6.07) is 8.11. The third kappa shape index (κ3) is 2.60. The van der Waals surface area contributed by atoms with Gasteiger partial charge >= 0.3 is 0 Å².